The van der Waals surface area contributed by atoms with Crippen LogP contribution < -0.4 is 9.47 Å². The summed E-state index contributed by atoms with van der Waals surface area (Å²) < 4.78 is 10.7. The van der Waals surface area contributed by atoms with E-state index in [1.54, 1.807) is 19.1 Å². The molecule has 0 saturated heterocycles. The molecule has 0 saturated carbocycles. The molecule has 20 heavy (non-hydrogen) atoms. The van der Waals surface area contributed by atoms with E-state index in [2.05, 4.69) is 9.97 Å². The van der Waals surface area contributed by atoms with Crippen molar-refractivity contribution < 1.29 is 19.4 Å². The Hall–Kier alpha value is -2.63. The van der Waals surface area contributed by atoms with Crippen LogP contribution in [0, 0.1) is 13.8 Å². The number of carboxylic acids is 1. The highest BCUT2D eigenvalue weighted by Crippen LogP contribution is 2.34. The van der Waals surface area contributed by atoms with Crippen molar-refractivity contribution in [3.63, 3.8) is 0 Å². The smallest absolute Gasteiger partial charge is 0.339 e. The molecule has 0 aliphatic carbocycles. The van der Waals surface area contributed by atoms with E-state index in [9.17, 15) is 9.90 Å². The van der Waals surface area contributed by atoms with Gasteiger partial charge >= 0.3 is 5.97 Å². The molecule has 0 aliphatic rings. The van der Waals surface area contributed by atoms with E-state index in [1.165, 1.54) is 19.4 Å². The highest BCUT2D eigenvalue weighted by Gasteiger charge is 2.17. The molecule has 2 rings (SSSR count). The Labute approximate surface area is 116 Å². The number of nitrogens with zero attached hydrogens (tertiary/aromatic N) is 2. The van der Waals surface area contributed by atoms with E-state index >= 15 is 0 Å². The first-order valence-electron chi connectivity index (χ1n) is 5.91. The molecule has 6 nitrogen and oxygen atoms in total. The minimum atomic E-state index is -1.10. The Bertz CT molecular complexity index is 656. The van der Waals surface area contributed by atoms with Crippen LogP contribution in [0.5, 0.6) is 17.4 Å². The summed E-state index contributed by atoms with van der Waals surface area (Å²) in [6.45, 7) is 3.63. The fourth-order valence-electron chi connectivity index (χ4n) is 1.62. The zero-order chi connectivity index (χ0) is 14.7. The minimum Gasteiger partial charge on any atom is -0.493 e. The van der Waals surface area contributed by atoms with Gasteiger partial charge < -0.3 is 14.6 Å². The largest absolute Gasteiger partial charge is 0.493 e. The second kappa shape index (κ2) is 5.56. The summed E-state index contributed by atoms with van der Waals surface area (Å²) in [5, 5.41) is 9.19. The SMILES string of the molecule is COc1cccc(C(=O)O)c1Oc1cnc(C)c(C)n1. The molecule has 0 radical (unpaired) electrons. The number of benzene rings is 1. The zero-order valence-corrected chi connectivity index (χ0v) is 11.4. The number of hydrogen-bond acceptors (Lipinski definition) is 5. The molecular formula is C14H14N2O4. The van der Waals surface area contributed by atoms with Crippen LogP contribution in [0.2, 0.25) is 0 Å². The number of para-hydroxylation sites is 1. The normalized spacial score (nSPS) is 10.2. The summed E-state index contributed by atoms with van der Waals surface area (Å²) in [6, 6.07) is 4.64. The van der Waals surface area contributed by atoms with Crippen molar-refractivity contribution in [1.29, 1.82) is 0 Å². The summed E-state index contributed by atoms with van der Waals surface area (Å²) in [5.41, 5.74) is 1.51. The van der Waals surface area contributed by atoms with Gasteiger partial charge in [-0.25, -0.2) is 9.78 Å². The summed E-state index contributed by atoms with van der Waals surface area (Å²) in [4.78, 5) is 19.6. The lowest BCUT2D eigenvalue weighted by atomic mass is 10.2. The van der Waals surface area contributed by atoms with Gasteiger partial charge in [-0.2, -0.15) is 0 Å². The maximum Gasteiger partial charge on any atom is 0.339 e. The third kappa shape index (κ3) is 2.69. The molecule has 0 spiro atoms. The lowest BCUT2D eigenvalue weighted by Gasteiger charge is -2.12. The Morgan fingerprint density at radius 3 is 2.60 bits per heavy atom. The van der Waals surface area contributed by atoms with Gasteiger partial charge in [0, 0.05) is 0 Å². The van der Waals surface area contributed by atoms with E-state index in [0.29, 0.717) is 11.4 Å². The molecule has 2 aromatic rings. The first kappa shape index (κ1) is 13.8. The average Bonchev–Trinajstić information content (AvgIpc) is 2.43. The number of aromatic carboxylic acids is 1. The third-order valence-corrected chi connectivity index (χ3v) is 2.81. The summed E-state index contributed by atoms with van der Waals surface area (Å²) in [5.74, 6) is -0.444. The average molecular weight is 274 g/mol. The van der Waals surface area contributed by atoms with Gasteiger partial charge in [-0.3, -0.25) is 4.98 Å². The number of hydrogen-bond donors (Lipinski definition) is 1. The topological polar surface area (TPSA) is 81.5 Å². The molecule has 1 aromatic heterocycles. The lowest BCUT2D eigenvalue weighted by Crippen LogP contribution is -2.03. The van der Waals surface area contributed by atoms with Crippen molar-refractivity contribution in [2.24, 2.45) is 0 Å². The second-order valence-corrected chi connectivity index (χ2v) is 4.12. The molecule has 0 atom stereocenters. The predicted octanol–water partition coefficient (Wildman–Crippen LogP) is 2.59. The number of aryl methyl sites for hydroxylation is 2. The first-order chi connectivity index (χ1) is 9.52. The Morgan fingerprint density at radius 2 is 2.00 bits per heavy atom. The molecule has 0 unspecified atom stereocenters. The molecule has 0 amide bonds. The third-order valence-electron chi connectivity index (χ3n) is 2.81. The van der Waals surface area contributed by atoms with E-state index in [0.717, 1.165) is 5.69 Å². The quantitative estimate of drug-likeness (QED) is 0.922. The number of carbonyl (C=O) groups is 1. The zero-order valence-electron chi connectivity index (χ0n) is 11.4. The first-order valence-corrected chi connectivity index (χ1v) is 5.91. The highest BCUT2D eigenvalue weighted by atomic mass is 16.5. The summed E-state index contributed by atoms with van der Waals surface area (Å²) in [6.07, 6.45) is 1.44. The monoisotopic (exact) mass is 274 g/mol. The van der Waals surface area contributed by atoms with Gasteiger partial charge in [-0.05, 0) is 26.0 Å². The van der Waals surface area contributed by atoms with Gasteiger partial charge in [-0.15, -0.1) is 0 Å². The lowest BCUT2D eigenvalue weighted by molar-refractivity contribution is 0.0693. The van der Waals surface area contributed by atoms with Gasteiger partial charge in [0.1, 0.15) is 5.56 Å². The van der Waals surface area contributed by atoms with Crippen LogP contribution >= 0.6 is 0 Å². The molecule has 1 aromatic carbocycles. The second-order valence-electron chi connectivity index (χ2n) is 4.12. The minimum absolute atomic E-state index is 0.00405. The van der Waals surface area contributed by atoms with Crippen LogP contribution in [0.25, 0.3) is 0 Å². The molecule has 0 fully saturated rings. The van der Waals surface area contributed by atoms with Crippen LogP contribution in [0.15, 0.2) is 24.4 Å². The van der Waals surface area contributed by atoms with Gasteiger partial charge in [0.15, 0.2) is 11.5 Å². The fraction of sp³-hybridized carbons (Fsp3) is 0.214. The van der Waals surface area contributed by atoms with E-state index in [-0.39, 0.29) is 17.2 Å². The number of aromatic nitrogens is 2. The number of ether oxygens (including phenoxy) is 2. The van der Waals surface area contributed by atoms with Crippen LogP contribution in [0.4, 0.5) is 0 Å². The van der Waals surface area contributed by atoms with Crippen molar-refractivity contribution in [2.45, 2.75) is 13.8 Å². The summed E-state index contributed by atoms with van der Waals surface area (Å²) in [7, 11) is 1.44. The molecule has 6 heteroatoms. The Balaban J connectivity index is 2.46. The fourth-order valence-corrected chi connectivity index (χ4v) is 1.62. The van der Waals surface area contributed by atoms with Crippen molar-refractivity contribution in [2.75, 3.05) is 7.11 Å². The van der Waals surface area contributed by atoms with Crippen LogP contribution in [0.3, 0.4) is 0 Å². The van der Waals surface area contributed by atoms with E-state index in [1.807, 2.05) is 6.92 Å². The van der Waals surface area contributed by atoms with Gasteiger partial charge in [-0.1, -0.05) is 6.07 Å². The number of methoxy groups -OCH3 is 1. The van der Waals surface area contributed by atoms with Crippen molar-refractivity contribution in [1.82, 2.24) is 9.97 Å². The van der Waals surface area contributed by atoms with Gasteiger partial charge in [0.25, 0.3) is 0 Å². The maximum absolute atomic E-state index is 11.2. The van der Waals surface area contributed by atoms with E-state index < -0.39 is 5.97 Å². The molecule has 104 valence electrons. The molecule has 0 aliphatic heterocycles. The highest BCUT2D eigenvalue weighted by molar-refractivity contribution is 5.92. The molecule has 1 heterocycles. The Kier molecular flexibility index (Phi) is 3.84. The van der Waals surface area contributed by atoms with Crippen LogP contribution in [-0.2, 0) is 0 Å². The van der Waals surface area contributed by atoms with Crippen molar-refractivity contribution in [3.8, 4) is 17.4 Å². The van der Waals surface area contributed by atoms with Gasteiger partial charge in [0.05, 0.1) is 24.7 Å². The standard InChI is InChI=1S/C14H14N2O4/c1-8-9(2)16-12(7-15-8)20-13-10(14(17)18)5-4-6-11(13)19-3/h4-7H,1-3H3,(H,17,18). The maximum atomic E-state index is 11.2. The molecular weight excluding hydrogens is 260 g/mol. The Morgan fingerprint density at radius 1 is 1.25 bits per heavy atom. The number of rotatable bonds is 4. The van der Waals surface area contributed by atoms with Gasteiger partial charge in [0.2, 0.25) is 5.88 Å². The van der Waals surface area contributed by atoms with Crippen LogP contribution in [0.1, 0.15) is 21.7 Å². The number of carboxylic acid groups (broad SMARTS) is 1. The van der Waals surface area contributed by atoms with Crippen LogP contribution in [-0.4, -0.2) is 28.2 Å². The van der Waals surface area contributed by atoms with Crippen molar-refractivity contribution in [3.05, 3.63) is 41.3 Å². The van der Waals surface area contributed by atoms with E-state index in [4.69, 9.17) is 9.47 Å². The molecule has 0 bridgehead atoms. The predicted molar refractivity (Wildman–Crippen MR) is 71.5 cm³/mol. The van der Waals surface area contributed by atoms with Crippen molar-refractivity contribution >= 4 is 5.97 Å². The summed E-state index contributed by atoms with van der Waals surface area (Å²) >= 11 is 0. The molecule has 1 N–H and O–H groups in total.